The summed E-state index contributed by atoms with van der Waals surface area (Å²) < 4.78 is 0. The molecule has 2 N–H and O–H groups in total. The Hall–Kier alpha value is -1.67. The Morgan fingerprint density at radius 2 is 1.78 bits per heavy atom. The lowest BCUT2D eigenvalue weighted by Gasteiger charge is -2.20. The first-order valence-corrected chi connectivity index (χ1v) is 6.26. The number of halogens is 1. The lowest BCUT2D eigenvalue weighted by Crippen LogP contribution is -2.16. The number of benzene rings is 2. The molecule has 3 heteroatoms. The average Bonchev–Trinajstić information content (AvgIpc) is 2.35. The monoisotopic (exact) mass is 260 g/mol. The number of rotatable bonds is 3. The van der Waals surface area contributed by atoms with Crippen molar-refractivity contribution in [3.05, 3.63) is 58.6 Å². The highest BCUT2D eigenvalue weighted by atomic mass is 35.5. The van der Waals surface area contributed by atoms with Crippen molar-refractivity contribution < 1.29 is 0 Å². The van der Waals surface area contributed by atoms with Gasteiger partial charge in [0.1, 0.15) is 0 Å². The van der Waals surface area contributed by atoms with Gasteiger partial charge in [-0.15, -0.1) is 0 Å². The van der Waals surface area contributed by atoms with Crippen LogP contribution in [0.25, 0.3) is 0 Å². The third-order valence-electron chi connectivity index (χ3n) is 3.00. The van der Waals surface area contributed by atoms with Gasteiger partial charge in [-0.1, -0.05) is 29.8 Å². The van der Waals surface area contributed by atoms with Crippen molar-refractivity contribution in [3.8, 4) is 0 Å². The predicted octanol–water partition coefficient (Wildman–Crippen LogP) is 3.87. The molecule has 0 saturated heterocycles. The molecule has 18 heavy (non-hydrogen) atoms. The maximum absolute atomic E-state index is 6.14. The van der Waals surface area contributed by atoms with Crippen molar-refractivity contribution in [1.29, 1.82) is 0 Å². The molecule has 0 aromatic heterocycles. The zero-order valence-corrected chi connectivity index (χ0v) is 11.4. The van der Waals surface area contributed by atoms with Crippen LogP contribution in [0, 0.1) is 6.92 Å². The molecule has 0 aliphatic carbocycles. The number of hydrogen-bond donors (Lipinski definition) is 1. The van der Waals surface area contributed by atoms with Gasteiger partial charge in [0.05, 0.1) is 0 Å². The van der Waals surface area contributed by atoms with E-state index in [-0.39, 0.29) is 0 Å². The first-order chi connectivity index (χ1) is 8.56. The molecular weight excluding hydrogens is 244 g/mol. The maximum Gasteiger partial charge on any atom is 0.0455 e. The zero-order valence-electron chi connectivity index (χ0n) is 10.7. The van der Waals surface area contributed by atoms with Crippen molar-refractivity contribution in [2.75, 3.05) is 17.7 Å². The van der Waals surface area contributed by atoms with E-state index in [1.807, 2.05) is 43.3 Å². The highest BCUT2D eigenvalue weighted by Crippen LogP contribution is 2.23. The van der Waals surface area contributed by atoms with Crippen molar-refractivity contribution in [3.63, 3.8) is 0 Å². The second-order valence-electron chi connectivity index (χ2n) is 4.53. The lowest BCUT2D eigenvalue weighted by molar-refractivity contribution is 0.923. The van der Waals surface area contributed by atoms with Gasteiger partial charge in [0, 0.05) is 30.0 Å². The summed E-state index contributed by atoms with van der Waals surface area (Å²) in [7, 11) is 2.05. The molecule has 0 atom stereocenters. The fraction of sp³-hybridized carbons (Fsp3) is 0.200. The Morgan fingerprint density at radius 1 is 1.11 bits per heavy atom. The molecule has 0 spiro atoms. The number of nitrogens with two attached hydrogens (primary N) is 1. The van der Waals surface area contributed by atoms with Gasteiger partial charge in [-0.05, 0) is 42.3 Å². The molecule has 2 aromatic rings. The number of nitrogens with zero attached hydrogens (tertiary/aromatic N) is 1. The first-order valence-electron chi connectivity index (χ1n) is 5.88. The Bertz CT molecular complexity index is 535. The fourth-order valence-corrected chi connectivity index (χ4v) is 1.98. The van der Waals surface area contributed by atoms with Crippen LogP contribution in [0.2, 0.25) is 5.02 Å². The van der Waals surface area contributed by atoms with Crippen LogP contribution in [0.4, 0.5) is 11.4 Å². The topological polar surface area (TPSA) is 29.3 Å². The fourth-order valence-electron chi connectivity index (χ4n) is 1.81. The summed E-state index contributed by atoms with van der Waals surface area (Å²) in [6.07, 6.45) is 0. The summed E-state index contributed by atoms with van der Waals surface area (Å²) in [5, 5.41) is 0.802. The molecule has 0 heterocycles. The number of aryl methyl sites for hydroxylation is 1. The van der Waals surface area contributed by atoms with Gasteiger partial charge in [-0.2, -0.15) is 0 Å². The number of anilines is 2. The smallest absolute Gasteiger partial charge is 0.0455 e. The number of hydrogen-bond acceptors (Lipinski definition) is 2. The minimum atomic E-state index is 0.791. The largest absolute Gasteiger partial charge is 0.399 e. The van der Waals surface area contributed by atoms with Crippen LogP contribution in [0.5, 0.6) is 0 Å². The Labute approximate surface area is 113 Å². The summed E-state index contributed by atoms with van der Waals surface area (Å²) in [6, 6.07) is 14.0. The molecule has 0 saturated carbocycles. The molecule has 0 bridgehead atoms. The highest BCUT2D eigenvalue weighted by Gasteiger charge is 2.04. The van der Waals surface area contributed by atoms with Gasteiger partial charge in [0.2, 0.25) is 0 Å². The van der Waals surface area contributed by atoms with Gasteiger partial charge >= 0.3 is 0 Å². The Balaban J connectivity index is 2.13. The van der Waals surface area contributed by atoms with Crippen LogP contribution in [0.15, 0.2) is 42.5 Å². The van der Waals surface area contributed by atoms with E-state index in [0.29, 0.717) is 0 Å². The lowest BCUT2D eigenvalue weighted by atomic mass is 10.1. The zero-order chi connectivity index (χ0) is 13.1. The molecule has 0 fully saturated rings. The molecule has 2 aromatic carbocycles. The molecule has 0 aliphatic rings. The highest BCUT2D eigenvalue weighted by molar-refractivity contribution is 6.31. The van der Waals surface area contributed by atoms with Crippen LogP contribution >= 0.6 is 11.6 Å². The molecule has 0 amide bonds. The van der Waals surface area contributed by atoms with E-state index in [2.05, 4.69) is 18.0 Å². The second kappa shape index (κ2) is 5.32. The van der Waals surface area contributed by atoms with Gasteiger partial charge in [-0.3, -0.25) is 0 Å². The number of nitrogen functional groups attached to an aromatic ring is 1. The second-order valence-corrected chi connectivity index (χ2v) is 4.94. The van der Waals surface area contributed by atoms with Crippen LogP contribution < -0.4 is 10.6 Å². The van der Waals surface area contributed by atoms with E-state index in [0.717, 1.165) is 28.5 Å². The van der Waals surface area contributed by atoms with Crippen LogP contribution in [0.3, 0.4) is 0 Å². The van der Waals surface area contributed by atoms with Crippen LogP contribution in [0.1, 0.15) is 11.1 Å². The minimum Gasteiger partial charge on any atom is -0.399 e. The van der Waals surface area contributed by atoms with E-state index < -0.39 is 0 Å². The summed E-state index contributed by atoms with van der Waals surface area (Å²) >= 11 is 6.14. The molecule has 0 unspecified atom stereocenters. The molecule has 0 radical (unpaired) electrons. The summed E-state index contributed by atoms with van der Waals surface area (Å²) in [5.41, 5.74) is 9.90. The Kier molecular flexibility index (Phi) is 3.78. The molecular formula is C15H17ClN2. The molecule has 2 rings (SSSR count). The van der Waals surface area contributed by atoms with Crippen LogP contribution in [-0.4, -0.2) is 7.05 Å². The van der Waals surface area contributed by atoms with Crippen molar-refractivity contribution in [2.45, 2.75) is 13.5 Å². The van der Waals surface area contributed by atoms with Crippen molar-refractivity contribution in [1.82, 2.24) is 0 Å². The van der Waals surface area contributed by atoms with Gasteiger partial charge in [0.15, 0.2) is 0 Å². The van der Waals surface area contributed by atoms with Crippen molar-refractivity contribution >= 4 is 23.0 Å². The molecule has 2 nitrogen and oxygen atoms in total. The third kappa shape index (κ3) is 2.96. The average molecular weight is 261 g/mol. The van der Waals surface area contributed by atoms with E-state index in [1.54, 1.807) is 0 Å². The normalized spacial score (nSPS) is 10.4. The molecule has 0 aliphatic heterocycles. The summed E-state index contributed by atoms with van der Waals surface area (Å²) in [4.78, 5) is 2.16. The molecule has 94 valence electrons. The van der Waals surface area contributed by atoms with E-state index in [4.69, 9.17) is 17.3 Å². The summed E-state index contributed by atoms with van der Waals surface area (Å²) in [5.74, 6) is 0. The summed E-state index contributed by atoms with van der Waals surface area (Å²) in [6.45, 7) is 2.84. The van der Waals surface area contributed by atoms with Gasteiger partial charge in [-0.25, -0.2) is 0 Å². The van der Waals surface area contributed by atoms with E-state index >= 15 is 0 Å². The van der Waals surface area contributed by atoms with Crippen LogP contribution in [-0.2, 0) is 6.54 Å². The standard InChI is InChI=1S/C15H17ClN2/c1-11-3-8-14(9-15(11)16)18(2)10-12-4-6-13(17)7-5-12/h3-9H,10,17H2,1-2H3. The van der Waals surface area contributed by atoms with E-state index in [9.17, 15) is 0 Å². The van der Waals surface area contributed by atoms with E-state index in [1.165, 1.54) is 5.56 Å². The quantitative estimate of drug-likeness (QED) is 0.849. The van der Waals surface area contributed by atoms with Gasteiger partial charge in [0.25, 0.3) is 0 Å². The minimum absolute atomic E-state index is 0.791. The first kappa shape index (κ1) is 12.8. The SMILES string of the molecule is Cc1ccc(N(C)Cc2ccc(N)cc2)cc1Cl. The predicted molar refractivity (Wildman–Crippen MR) is 79.2 cm³/mol. The van der Waals surface area contributed by atoms with Gasteiger partial charge < -0.3 is 10.6 Å². The van der Waals surface area contributed by atoms with Crippen molar-refractivity contribution in [2.24, 2.45) is 0 Å². The Morgan fingerprint density at radius 3 is 2.39 bits per heavy atom. The third-order valence-corrected chi connectivity index (χ3v) is 3.40. The maximum atomic E-state index is 6.14.